The first kappa shape index (κ1) is 21.3. The summed E-state index contributed by atoms with van der Waals surface area (Å²) < 4.78 is 19.9. The lowest BCUT2D eigenvalue weighted by molar-refractivity contribution is 0.0166. The number of carbonyl (C=O) groups excluding carboxylic acids is 1. The number of ether oxygens (including phenoxy) is 1. The lowest BCUT2D eigenvalue weighted by atomic mass is 10.2. The molecule has 1 saturated heterocycles. The highest BCUT2D eigenvalue weighted by Crippen LogP contribution is 2.28. The number of urea groups is 1. The van der Waals surface area contributed by atoms with E-state index in [-0.39, 0.29) is 30.5 Å². The van der Waals surface area contributed by atoms with Crippen LogP contribution in [-0.4, -0.2) is 69.3 Å². The number of fused-ring (bicyclic) bond motifs is 1. The average Bonchev–Trinajstić information content (AvgIpc) is 3.16. The summed E-state index contributed by atoms with van der Waals surface area (Å²) in [6.07, 6.45) is 4.36. The highest BCUT2D eigenvalue weighted by molar-refractivity contribution is 6.31. The second kappa shape index (κ2) is 9.03. The molecule has 4 rings (SSSR count). The number of rotatable bonds is 5. The molecule has 0 aliphatic carbocycles. The van der Waals surface area contributed by atoms with Crippen LogP contribution in [0.4, 0.5) is 15.0 Å². The van der Waals surface area contributed by atoms with Gasteiger partial charge in [-0.2, -0.15) is 0 Å². The fourth-order valence-electron chi connectivity index (χ4n) is 3.42. The quantitative estimate of drug-likeness (QED) is 0.554. The third-order valence-electron chi connectivity index (χ3n) is 4.89. The SMILES string of the molecule is CC(C)NC(=O)N1CCOCC1CNc1nc(-c2c[nH]c3ncc(Cl)cc23)ncc1F. The number of anilines is 1. The number of aromatic nitrogens is 4. The van der Waals surface area contributed by atoms with Gasteiger partial charge in [-0.15, -0.1) is 0 Å². The third-order valence-corrected chi connectivity index (χ3v) is 5.10. The van der Waals surface area contributed by atoms with Crippen molar-refractivity contribution in [1.29, 1.82) is 0 Å². The van der Waals surface area contributed by atoms with Crippen LogP contribution in [0.2, 0.25) is 5.02 Å². The molecule has 9 nitrogen and oxygen atoms in total. The van der Waals surface area contributed by atoms with Crippen molar-refractivity contribution in [3.8, 4) is 11.4 Å². The Morgan fingerprint density at radius 2 is 2.26 bits per heavy atom. The normalized spacial score (nSPS) is 16.7. The number of carbonyl (C=O) groups is 1. The van der Waals surface area contributed by atoms with Crippen molar-refractivity contribution < 1.29 is 13.9 Å². The molecule has 11 heteroatoms. The zero-order chi connectivity index (χ0) is 22.0. The summed E-state index contributed by atoms with van der Waals surface area (Å²) in [6, 6.07) is 1.34. The van der Waals surface area contributed by atoms with Crippen LogP contribution in [0.15, 0.2) is 24.7 Å². The number of hydrogen-bond donors (Lipinski definition) is 3. The Hall–Kier alpha value is -2.98. The Labute approximate surface area is 183 Å². The Bertz CT molecular complexity index is 1090. The van der Waals surface area contributed by atoms with Crippen molar-refractivity contribution in [3.05, 3.63) is 35.5 Å². The van der Waals surface area contributed by atoms with Gasteiger partial charge in [0.2, 0.25) is 0 Å². The number of pyridine rings is 1. The summed E-state index contributed by atoms with van der Waals surface area (Å²) in [5.41, 5.74) is 1.29. The molecule has 1 unspecified atom stereocenters. The van der Waals surface area contributed by atoms with Crippen LogP contribution in [0.25, 0.3) is 22.4 Å². The maximum Gasteiger partial charge on any atom is 0.318 e. The number of H-pyrrole nitrogens is 1. The van der Waals surface area contributed by atoms with Gasteiger partial charge in [-0.05, 0) is 19.9 Å². The Kier molecular flexibility index (Phi) is 6.19. The third kappa shape index (κ3) is 4.70. The summed E-state index contributed by atoms with van der Waals surface area (Å²) in [5.74, 6) is -0.215. The lowest BCUT2D eigenvalue weighted by Gasteiger charge is -2.36. The van der Waals surface area contributed by atoms with Gasteiger partial charge in [0.15, 0.2) is 17.5 Å². The summed E-state index contributed by atoms with van der Waals surface area (Å²) in [7, 11) is 0. The van der Waals surface area contributed by atoms with Crippen molar-refractivity contribution in [2.45, 2.75) is 25.9 Å². The first-order valence-corrected chi connectivity index (χ1v) is 10.3. The largest absolute Gasteiger partial charge is 0.377 e. The van der Waals surface area contributed by atoms with E-state index in [0.717, 1.165) is 11.6 Å². The minimum Gasteiger partial charge on any atom is -0.377 e. The van der Waals surface area contributed by atoms with Gasteiger partial charge in [0.25, 0.3) is 0 Å². The molecule has 4 heterocycles. The first-order chi connectivity index (χ1) is 14.9. The molecule has 0 spiro atoms. The maximum absolute atomic E-state index is 14.4. The summed E-state index contributed by atoms with van der Waals surface area (Å²) in [5, 5.41) is 7.10. The molecule has 0 saturated carbocycles. The molecular formula is C20H23ClFN7O2. The van der Waals surface area contributed by atoms with E-state index >= 15 is 0 Å². The van der Waals surface area contributed by atoms with Crippen molar-refractivity contribution in [3.63, 3.8) is 0 Å². The molecule has 3 aromatic heterocycles. The van der Waals surface area contributed by atoms with Gasteiger partial charge in [0.1, 0.15) is 5.65 Å². The zero-order valence-electron chi connectivity index (χ0n) is 17.2. The van der Waals surface area contributed by atoms with E-state index in [1.165, 1.54) is 6.20 Å². The molecule has 1 atom stereocenters. The van der Waals surface area contributed by atoms with Crippen LogP contribution in [0, 0.1) is 5.82 Å². The van der Waals surface area contributed by atoms with Gasteiger partial charge in [0.05, 0.1) is 30.5 Å². The van der Waals surface area contributed by atoms with Gasteiger partial charge in [-0.1, -0.05) is 11.6 Å². The number of nitrogens with one attached hydrogen (secondary N) is 3. The predicted molar refractivity (Wildman–Crippen MR) is 116 cm³/mol. The Morgan fingerprint density at radius 1 is 1.42 bits per heavy atom. The van der Waals surface area contributed by atoms with E-state index in [4.69, 9.17) is 16.3 Å². The van der Waals surface area contributed by atoms with E-state index < -0.39 is 5.82 Å². The minimum atomic E-state index is -0.588. The molecule has 0 bridgehead atoms. The number of hydrogen-bond acceptors (Lipinski definition) is 6. The van der Waals surface area contributed by atoms with E-state index in [1.54, 1.807) is 17.2 Å². The topological polar surface area (TPSA) is 108 Å². The summed E-state index contributed by atoms with van der Waals surface area (Å²) >= 11 is 6.06. The van der Waals surface area contributed by atoms with Crippen LogP contribution >= 0.6 is 11.6 Å². The number of aromatic amines is 1. The van der Waals surface area contributed by atoms with Gasteiger partial charge in [-0.3, -0.25) is 0 Å². The molecule has 3 N–H and O–H groups in total. The summed E-state index contributed by atoms with van der Waals surface area (Å²) in [4.78, 5) is 29.9. The van der Waals surface area contributed by atoms with Crippen molar-refractivity contribution in [1.82, 2.24) is 30.2 Å². The number of amides is 2. The molecular weight excluding hydrogens is 425 g/mol. The van der Waals surface area contributed by atoms with Crippen molar-refractivity contribution >= 4 is 34.5 Å². The van der Waals surface area contributed by atoms with Gasteiger partial charge >= 0.3 is 6.03 Å². The Morgan fingerprint density at radius 3 is 3.06 bits per heavy atom. The molecule has 0 radical (unpaired) electrons. The molecule has 31 heavy (non-hydrogen) atoms. The predicted octanol–water partition coefficient (Wildman–Crippen LogP) is 3.04. The van der Waals surface area contributed by atoms with Crippen molar-refractivity contribution in [2.75, 3.05) is 31.6 Å². The number of morpholine rings is 1. The fraction of sp³-hybridized carbons (Fsp3) is 0.400. The van der Waals surface area contributed by atoms with E-state index in [9.17, 15) is 9.18 Å². The van der Waals surface area contributed by atoms with Gasteiger partial charge in [-0.25, -0.2) is 24.1 Å². The van der Waals surface area contributed by atoms with E-state index in [0.29, 0.717) is 41.8 Å². The van der Waals surface area contributed by atoms with Crippen LogP contribution in [-0.2, 0) is 4.74 Å². The smallest absolute Gasteiger partial charge is 0.318 e. The molecule has 0 aromatic carbocycles. The monoisotopic (exact) mass is 447 g/mol. The molecule has 1 aliphatic heterocycles. The average molecular weight is 448 g/mol. The van der Waals surface area contributed by atoms with E-state index in [2.05, 4.69) is 30.6 Å². The zero-order valence-corrected chi connectivity index (χ0v) is 17.9. The van der Waals surface area contributed by atoms with Gasteiger partial charge < -0.3 is 25.3 Å². The maximum atomic E-state index is 14.4. The lowest BCUT2D eigenvalue weighted by Crippen LogP contribution is -2.55. The fourth-order valence-corrected chi connectivity index (χ4v) is 3.58. The van der Waals surface area contributed by atoms with Gasteiger partial charge in [0, 0.05) is 42.5 Å². The molecule has 1 aliphatic rings. The highest BCUT2D eigenvalue weighted by Gasteiger charge is 2.28. The molecule has 3 aromatic rings. The highest BCUT2D eigenvalue weighted by atomic mass is 35.5. The molecule has 164 valence electrons. The van der Waals surface area contributed by atoms with Crippen LogP contribution in [0.3, 0.4) is 0 Å². The van der Waals surface area contributed by atoms with Crippen LogP contribution < -0.4 is 10.6 Å². The van der Waals surface area contributed by atoms with Crippen LogP contribution in [0.1, 0.15) is 13.8 Å². The van der Waals surface area contributed by atoms with Crippen molar-refractivity contribution in [2.24, 2.45) is 0 Å². The summed E-state index contributed by atoms with van der Waals surface area (Å²) in [6.45, 7) is 5.36. The van der Waals surface area contributed by atoms with Crippen LogP contribution in [0.5, 0.6) is 0 Å². The van der Waals surface area contributed by atoms with E-state index in [1.807, 2.05) is 13.8 Å². The number of nitrogens with zero attached hydrogens (tertiary/aromatic N) is 4. The molecule has 1 fully saturated rings. The second-order valence-corrected chi connectivity index (χ2v) is 7.99. The Balaban J connectivity index is 1.53. The second-order valence-electron chi connectivity index (χ2n) is 7.55. The number of halogens is 2. The first-order valence-electron chi connectivity index (χ1n) is 9.96. The molecule has 2 amide bonds. The minimum absolute atomic E-state index is 0.0185. The standard InChI is InChI=1S/C20H23ClFN7O2/c1-11(2)27-20(30)29-3-4-31-10-13(29)7-24-19-16(22)9-26-18(28-19)15-8-25-17-14(15)5-12(21)6-23-17/h5-6,8-9,11,13H,3-4,7,10H2,1-2H3,(H,23,25)(H,27,30)(H,24,26,28).